The van der Waals surface area contributed by atoms with Crippen LogP contribution in [0, 0.1) is 22.7 Å². The molecule has 5 atom stereocenters. The Kier molecular flexibility index (Phi) is 7.17. The Hall–Kier alpha value is -1.58. The third-order valence-corrected chi connectivity index (χ3v) is 7.69. The molecule has 0 radical (unpaired) electrons. The van der Waals surface area contributed by atoms with Crippen LogP contribution in [0.1, 0.15) is 80.6 Å². The fourth-order valence-electron chi connectivity index (χ4n) is 5.45. The molecule has 0 saturated heterocycles. The average molecular weight is 391 g/mol. The van der Waals surface area contributed by atoms with E-state index in [0.717, 1.165) is 19.3 Å². The van der Waals surface area contributed by atoms with Crippen LogP contribution in [-0.2, 0) is 19.1 Å². The molecule has 0 N–H and O–H groups in total. The molecule has 0 unspecified atom stereocenters. The lowest BCUT2D eigenvalue weighted by Gasteiger charge is -2.58. The van der Waals surface area contributed by atoms with Crippen LogP contribution in [0.25, 0.3) is 0 Å². The highest BCUT2D eigenvalue weighted by Crippen LogP contribution is 2.62. The van der Waals surface area contributed by atoms with Gasteiger partial charge in [-0.15, -0.1) is 0 Å². The van der Waals surface area contributed by atoms with Gasteiger partial charge in [-0.2, -0.15) is 0 Å². The maximum Gasteiger partial charge on any atom is 0.303 e. The number of rotatable bonds is 6. The smallest absolute Gasteiger partial charge is 0.303 e. The second kappa shape index (κ2) is 8.84. The van der Waals surface area contributed by atoms with Crippen molar-refractivity contribution in [2.24, 2.45) is 22.7 Å². The Balaban J connectivity index is 2.20. The highest BCUT2D eigenvalue weighted by atomic mass is 16.5. The molecular weight excluding hydrogens is 352 g/mol. The standard InChI is InChI=1S/C24H38O4/c1-16(10-13-27-19(4)25)8-11-23(6)17(2)9-12-24(7)18(3)14-21(15-22(23)24)28-20(5)26/h10,14,17,21-22H,8-9,11-13,15H2,1-7H3/b16-10+/t17-,21+,22-,23+,24+/m1/s1. The Morgan fingerprint density at radius 3 is 2.50 bits per heavy atom. The van der Waals surface area contributed by atoms with Gasteiger partial charge < -0.3 is 9.47 Å². The fourth-order valence-corrected chi connectivity index (χ4v) is 5.45. The summed E-state index contributed by atoms with van der Waals surface area (Å²) in [7, 11) is 0. The summed E-state index contributed by atoms with van der Waals surface area (Å²) in [5.74, 6) is 0.663. The Morgan fingerprint density at radius 2 is 1.89 bits per heavy atom. The van der Waals surface area contributed by atoms with Crippen molar-refractivity contribution in [3.8, 4) is 0 Å². The zero-order valence-corrected chi connectivity index (χ0v) is 18.8. The summed E-state index contributed by atoms with van der Waals surface area (Å²) < 4.78 is 10.7. The number of carbonyl (C=O) groups is 2. The van der Waals surface area contributed by atoms with Crippen molar-refractivity contribution in [3.05, 3.63) is 23.3 Å². The molecule has 0 aromatic heterocycles. The van der Waals surface area contributed by atoms with Crippen LogP contribution in [0.4, 0.5) is 0 Å². The molecule has 158 valence electrons. The van der Waals surface area contributed by atoms with Crippen LogP contribution in [0.3, 0.4) is 0 Å². The molecule has 0 spiro atoms. The number of hydrogen-bond donors (Lipinski definition) is 0. The highest BCUT2D eigenvalue weighted by molar-refractivity contribution is 5.66. The van der Waals surface area contributed by atoms with Gasteiger partial charge in [0.2, 0.25) is 0 Å². The van der Waals surface area contributed by atoms with Crippen LogP contribution in [0.5, 0.6) is 0 Å². The van der Waals surface area contributed by atoms with Gasteiger partial charge in [-0.25, -0.2) is 0 Å². The van der Waals surface area contributed by atoms with Gasteiger partial charge in [0, 0.05) is 13.8 Å². The molecule has 0 bridgehead atoms. The maximum absolute atomic E-state index is 11.6. The molecular formula is C24H38O4. The van der Waals surface area contributed by atoms with Crippen molar-refractivity contribution in [1.29, 1.82) is 0 Å². The summed E-state index contributed by atoms with van der Waals surface area (Å²) in [4.78, 5) is 22.5. The van der Waals surface area contributed by atoms with Gasteiger partial charge >= 0.3 is 11.9 Å². The van der Waals surface area contributed by atoms with Crippen molar-refractivity contribution < 1.29 is 19.1 Å². The largest absolute Gasteiger partial charge is 0.462 e. The summed E-state index contributed by atoms with van der Waals surface area (Å²) in [6.45, 7) is 14.8. The van der Waals surface area contributed by atoms with E-state index < -0.39 is 0 Å². The van der Waals surface area contributed by atoms with Crippen LogP contribution in [-0.4, -0.2) is 24.6 Å². The first kappa shape index (κ1) is 22.7. The van der Waals surface area contributed by atoms with Crippen molar-refractivity contribution in [1.82, 2.24) is 0 Å². The van der Waals surface area contributed by atoms with Crippen molar-refractivity contribution >= 4 is 11.9 Å². The van der Waals surface area contributed by atoms with Gasteiger partial charge in [-0.3, -0.25) is 9.59 Å². The first-order chi connectivity index (χ1) is 13.0. The monoisotopic (exact) mass is 390 g/mol. The minimum Gasteiger partial charge on any atom is -0.462 e. The predicted molar refractivity (Wildman–Crippen MR) is 112 cm³/mol. The Bertz CT molecular complexity index is 662. The van der Waals surface area contributed by atoms with Gasteiger partial charge in [0.05, 0.1) is 0 Å². The Labute approximate surface area is 170 Å². The summed E-state index contributed by atoms with van der Waals surface area (Å²) in [6, 6.07) is 0. The number of carbonyl (C=O) groups excluding carboxylic acids is 2. The molecule has 0 heterocycles. The first-order valence-corrected chi connectivity index (χ1v) is 10.6. The zero-order valence-electron chi connectivity index (χ0n) is 18.8. The maximum atomic E-state index is 11.6. The molecule has 0 aliphatic heterocycles. The van der Waals surface area contributed by atoms with Gasteiger partial charge in [-0.05, 0) is 80.8 Å². The van der Waals surface area contributed by atoms with E-state index in [1.54, 1.807) is 0 Å². The molecule has 2 aliphatic carbocycles. The average Bonchev–Trinajstić information content (AvgIpc) is 2.59. The van der Waals surface area contributed by atoms with E-state index in [4.69, 9.17) is 9.47 Å². The van der Waals surface area contributed by atoms with Crippen molar-refractivity contribution in [3.63, 3.8) is 0 Å². The molecule has 0 amide bonds. The zero-order chi connectivity index (χ0) is 21.1. The molecule has 28 heavy (non-hydrogen) atoms. The van der Waals surface area contributed by atoms with Crippen LogP contribution in [0.15, 0.2) is 23.3 Å². The lowest BCUT2D eigenvalue weighted by atomic mass is 9.46. The van der Waals surface area contributed by atoms with E-state index in [0.29, 0.717) is 18.4 Å². The van der Waals surface area contributed by atoms with E-state index >= 15 is 0 Å². The number of esters is 2. The van der Waals surface area contributed by atoms with E-state index in [2.05, 4.69) is 40.7 Å². The van der Waals surface area contributed by atoms with Crippen LogP contribution >= 0.6 is 0 Å². The summed E-state index contributed by atoms with van der Waals surface area (Å²) in [5, 5.41) is 0. The lowest BCUT2D eigenvalue weighted by molar-refractivity contribution is -0.148. The SMILES string of the molecule is CC(=O)OC/C=C(\C)CC[C@@]1(C)[C@H](C)CC[C@@]2(C)C(C)=C[C@H](OC(C)=O)C[C@H]12. The summed E-state index contributed by atoms with van der Waals surface area (Å²) in [5.41, 5.74) is 2.99. The van der Waals surface area contributed by atoms with Crippen LogP contribution in [0.2, 0.25) is 0 Å². The van der Waals surface area contributed by atoms with Crippen molar-refractivity contribution in [2.75, 3.05) is 6.61 Å². The number of hydrogen-bond acceptors (Lipinski definition) is 4. The molecule has 0 aromatic rings. The normalized spacial score (nSPS) is 35.6. The second-order valence-electron chi connectivity index (χ2n) is 9.50. The van der Waals surface area contributed by atoms with Crippen LogP contribution < -0.4 is 0 Å². The number of allylic oxidation sites excluding steroid dienone is 2. The minimum absolute atomic E-state index is 0.110. The molecule has 4 nitrogen and oxygen atoms in total. The molecule has 0 aromatic carbocycles. The summed E-state index contributed by atoms with van der Waals surface area (Å²) >= 11 is 0. The quantitative estimate of drug-likeness (QED) is 0.436. The molecule has 2 aliphatic rings. The van der Waals surface area contributed by atoms with E-state index in [1.165, 1.54) is 37.8 Å². The minimum atomic E-state index is -0.242. The Morgan fingerprint density at radius 1 is 1.21 bits per heavy atom. The highest BCUT2D eigenvalue weighted by Gasteiger charge is 2.54. The number of ether oxygens (including phenoxy) is 2. The topological polar surface area (TPSA) is 52.6 Å². The van der Waals surface area contributed by atoms with E-state index in [-0.39, 0.29) is 28.9 Å². The van der Waals surface area contributed by atoms with Gasteiger partial charge in [0.25, 0.3) is 0 Å². The van der Waals surface area contributed by atoms with E-state index in [1.807, 2.05) is 6.08 Å². The molecule has 1 saturated carbocycles. The van der Waals surface area contributed by atoms with Gasteiger partial charge in [-0.1, -0.05) is 31.9 Å². The van der Waals surface area contributed by atoms with Crippen molar-refractivity contribution in [2.45, 2.75) is 86.7 Å². The first-order valence-electron chi connectivity index (χ1n) is 10.6. The molecule has 2 rings (SSSR count). The molecule has 4 heteroatoms. The molecule has 1 fully saturated rings. The van der Waals surface area contributed by atoms with Gasteiger partial charge in [0.15, 0.2) is 0 Å². The second-order valence-corrected chi connectivity index (χ2v) is 9.50. The fraction of sp³-hybridized carbons (Fsp3) is 0.750. The van der Waals surface area contributed by atoms with E-state index in [9.17, 15) is 9.59 Å². The number of fused-ring (bicyclic) bond motifs is 1. The third kappa shape index (κ3) is 4.87. The summed E-state index contributed by atoms with van der Waals surface area (Å²) in [6.07, 6.45) is 9.51. The predicted octanol–water partition coefficient (Wildman–Crippen LogP) is 5.62. The van der Waals surface area contributed by atoms with Gasteiger partial charge in [0.1, 0.15) is 12.7 Å². The lowest BCUT2D eigenvalue weighted by Crippen LogP contribution is -2.51. The third-order valence-electron chi connectivity index (χ3n) is 7.69.